The Morgan fingerprint density at radius 2 is 2.04 bits per heavy atom. The van der Waals surface area contributed by atoms with Crippen molar-refractivity contribution >= 4 is 22.4 Å². The van der Waals surface area contributed by atoms with Crippen molar-refractivity contribution in [3.05, 3.63) is 24.0 Å². The second kappa shape index (κ2) is 9.01. The Bertz CT molecular complexity index is 866. The van der Waals surface area contributed by atoms with E-state index in [4.69, 9.17) is 9.26 Å². The molecule has 1 aliphatic heterocycles. The van der Waals surface area contributed by atoms with E-state index in [1.807, 2.05) is 14.0 Å². The third-order valence-electron chi connectivity index (χ3n) is 4.54. The first-order chi connectivity index (χ1) is 12.5. The summed E-state index contributed by atoms with van der Waals surface area (Å²) in [7, 11) is -0.294. The van der Waals surface area contributed by atoms with Crippen LogP contribution in [0.2, 0.25) is 0 Å². The number of benzene rings is 1. The first kappa shape index (κ1) is 21.6. The molecule has 1 N–H and O–H groups in total. The van der Waals surface area contributed by atoms with Gasteiger partial charge in [0.15, 0.2) is 5.82 Å². The molecule has 0 spiro atoms. The number of nitrogens with zero attached hydrogens (tertiary/aromatic N) is 3. The van der Waals surface area contributed by atoms with Crippen LogP contribution in [-0.4, -0.2) is 56.2 Å². The molecule has 8 nitrogen and oxygen atoms in total. The molecule has 0 aliphatic carbocycles. The van der Waals surface area contributed by atoms with Gasteiger partial charge in [0.1, 0.15) is 10.6 Å². The standard InChI is InChI=1S/C17H24N4O4S.ClH/c1-12(18-2)10-16-19-17(25-20-16)13-6-7-14(24-3)15(11-13)26(22,23)21-8-4-5-9-21;/h6-7,11-12,18H,4-5,8-10H2,1-3H3;1H. The fourth-order valence-corrected chi connectivity index (χ4v) is 4.61. The van der Waals surface area contributed by atoms with Crippen molar-refractivity contribution in [2.24, 2.45) is 0 Å². The summed E-state index contributed by atoms with van der Waals surface area (Å²) in [5.74, 6) is 1.18. The molecule has 0 saturated carbocycles. The van der Waals surface area contributed by atoms with Crippen LogP contribution in [0.1, 0.15) is 25.6 Å². The number of nitrogens with one attached hydrogen (secondary N) is 1. The maximum absolute atomic E-state index is 13.0. The van der Waals surface area contributed by atoms with E-state index in [9.17, 15) is 8.42 Å². The van der Waals surface area contributed by atoms with Gasteiger partial charge in [-0.2, -0.15) is 9.29 Å². The molecule has 2 heterocycles. The molecule has 0 bridgehead atoms. The minimum atomic E-state index is -3.62. The largest absolute Gasteiger partial charge is 0.495 e. The zero-order chi connectivity index (χ0) is 18.7. The van der Waals surface area contributed by atoms with Crippen LogP contribution in [0.4, 0.5) is 0 Å². The van der Waals surface area contributed by atoms with E-state index >= 15 is 0 Å². The Morgan fingerprint density at radius 3 is 2.67 bits per heavy atom. The van der Waals surface area contributed by atoms with Gasteiger partial charge in [-0.1, -0.05) is 5.16 Å². The van der Waals surface area contributed by atoms with Crippen LogP contribution in [0.5, 0.6) is 5.75 Å². The highest BCUT2D eigenvalue weighted by Crippen LogP contribution is 2.32. The zero-order valence-corrected chi connectivity index (χ0v) is 17.3. The average molecular weight is 417 g/mol. The summed E-state index contributed by atoms with van der Waals surface area (Å²) in [5, 5.41) is 7.09. The Kier molecular flexibility index (Phi) is 7.21. The lowest BCUT2D eigenvalue weighted by Gasteiger charge is -2.17. The SMILES string of the molecule is CNC(C)Cc1noc(-c2ccc(OC)c(S(=O)(=O)N3CCCC3)c2)n1.Cl. The molecule has 27 heavy (non-hydrogen) atoms. The van der Waals surface area contributed by atoms with Crippen molar-refractivity contribution in [1.82, 2.24) is 19.8 Å². The van der Waals surface area contributed by atoms with Crippen LogP contribution in [-0.2, 0) is 16.4 Å². The number of sulfonamides is 1. The van der Waals surface area contributed by atoms with Crippen LogP contribution >= 0.6 is 12.4 Å². The van der Waals surface area contributed by atoms with Crippen LogP contribution in [0.3, 0.4) is 0 Å². The Morgan fingerprint density at radius 1 is 1.33 bits per heavy atom. The number of ether oxygens (including phenoxy) is 1. The van der Waals surface area contributed by atoms with E-state index in [1.54, 1.807) is 18.2 Å². The molecular formula is C17H25ClN4O4S. The number of halogens is 1. The third kappa shape index (κ3) is 4.60. The van der Waals surface area contributed by atoms with Gasteiger partial charge < -0.3 is 14.6 Å². The fourth-order valence-electron chi connectivity index (χ4n) is 2.91. The van der Waals surface area contributed by atoms with Crippen LogP contribution in [0.15, 0.2) is 27.6 Å². The molecule has 150 valence electrons. The predicted octanol–water partition coefficient (Wildman–Crippen LogP) is 2.10. The first-order valence-corrected chi connectivity index (χ1v) is 10.1. The van der Waals surface area contributed by atoms with E-state index in [2.05, 4.69) is 15.5 Å². The van der Waals surface area contributed by atoms with Crippen LogP contribution < -0.4 is 10.1 Å². The molecule has 10 heteroatoms. The summed E-state index contributed by atoms with van der Waals surface area (Å²) in [6, 6.07) is 5.10. The van der Waals surface area contributed by atoms with Crippen molar-refractivity contribution in [1.29, 1.82) is 0 Å². The molecule has 1 aliphatic rings. The second-order valence-corrected chi connectivity index (χ2v) is 8.29. The number of likely N-dealkylation sites (N-methyl/N-ethyl adjacent to an activating group) is 1. The topological polar surface area (TPSA) is 97.6 Å². The minimum Gasteiger partial charge on any atom is -0.495 e. The first-order valence-electron chi connectivity index (χ1n) is 8.64. The highest BCUT2D eigenvalue weighted by Gasteiger charge is 2.30. The van der Waals surface area contributed by atoms with Crippen molar-refractivity contribution < 1.29 is 17.7 Å². The van der Waals surface area contributed by atoms with Crippen LogP contribution in [0, 0.1) is 0 Å². The molecule has 1 atom stereocenters. The van der Waals surface area contributed by atoms with Gasteiger partial charge in [0, 0.05) is 31.1 Å². The molecule has 3 rings (SSSR count). The van der Waals surface area contributed by atoms with Gasteiger partial charge >= 0.3 is 0 Å². The quantitative estimate of drug-likeness (QED) is 0.737. The highest BCUT2D eigenvalue weighted by atomic mass is 35.5. The van der Waals surface area contributed by atoms with E-state index in [0.29, 0.717) is 42.5 Å². The van der Waals surface area contributed by atoms with E-state index in [1.165, 1.54) is 11.4 Å². The van der Waals surface area contributed by atoms with Crippen LogP contribution in [0.25, 0.3) is 11.5 Å². The molecule has 0 amide bonds. The van der Waals surface area contributed by atoms with Crippen molar-refractivity contribution in [3.8, 4) is 17.2 Å². The Balaban J connectivity index is 0.00000261. The van der Waals surface area contributed by atoms with Gasteiger partial charge in [0.25, 0.3) is 5.89 Å². The molecule has 1 aromatic heterocycles. The monoisotopic (exact) mass is 416 g/mol. The van der Waals surface area contributed by atoms with E-state index in [0.717, 1.165) is 12.8 Å². The Labute approximate surface area is 165 Å². The van der Waals surface area contributed by atoms with Gasteiger partial charge in [0.05, 0.1) is 7.11 Å². The molecule has 1 saturated heterocycles. The number of aromatic nitrogens is 2. The molecule has 1 unspecified atom stereocenters. The summed E-state index contributed by atoms with van der Waals surface area (Å²) in [5.41, 5.74) is 0.555. The van der Waals surface area contributed by atoms with Gasteiger partial charge in [-0.15, -0.1) is 12.4 Å². The molecule has 0 radical (unpaired) electrons. The van der Waals surface area contributed by atoms with Crippen molar-refractivity contribution in [3.63, 3.8) is 0 Å². The summed E-state index contributed by atoms with van der Waals surface area (Å²) < 4.78 is 38.0. The van der Waals surface area contributed by atoms with Gasteiger partial charge in [-0.3, -0.25) is 0 Å². The highest BCUT2D eigenvalue weighted by molar-refractivity contribution is 7.89. The second-order valence-electron chi connectivity index (χ2n) is 6.39. The third-order valence-corrected chi connectivity index (χ3v) is 6.46. The minimum absolute atomic E-state index is 0. The van der Waals surface area contributed by atoms with Crippen molar-refractivity contribution in [2.75, 3.05) is 27.2 Å². The van der Waals surface area contributed by atoms with Gasteiger partial charge in [-0.25, -0.2) is 8.42 Å². The normalized spacial score (nSPS) is 16.1. The summed E-state index contributed by atoms with van der Waals surface area (Å²) in [4.78, 5) is 4.51. The molecule has 1 fully saturated rings. The number of hydrogen-bond acceptors (Lipinski definition) is 7. The Hall–Kier alpha value is -1.68. The smallest absolute Gasteiger partial charge is 0.257 e. The maximum atomic E-state index is 13.0. The maximum Gasteiger partial charge on any atom is 0.257 e. The lowest BCUT2D eigenvalue weighted by atomic mass is 10.2. The molecule has 2 aromatic rings. The molecular weight excluding hydrogens is 392 g/mol. The van der Waals surface area contributed by atoms with Gasteiger partial charge in [0.2, 0.25) is 10.0 Å². The summed E-state index contributed by atoms with van der Waals surface area (Å²) in [6.45, 7) is 3.08. The van der Waals surface area contributed by atoms with Gasteiger partial charge in [-0.05, 0) is 45.0 Å². The number of rotatable bonds is 7. The zero-order valence-electron chi connectivity index (χ0n) is 15.6. The fraction of sp³-hybridized carbons (Fsp3) is 0.529. The van der Waals surface area contributed by atoms with E-state index in [-0.39, 0.29) is 23.3 Å². The number of hydrogen-bond donors (Lipinski definition) is 1. The number of methoxy groups -OCH3 is 1. The summed E-state index contributed by atoms with van der Waals surface area (Å²) in [6.07, 6.45) is 2.37. The molecule has 1 aromatic carbocycles. The van der Waals surface area contributed by atoms with E-state index < -0.39 is 10.0 Å². The average Bonchev–Trinajstić information content (AvgIpc) is 3.33. The predicted molar refractivity (Wildman–Crippen MR) is 104 cm³/mol. The van der Waals surface area contributed by atoms with Crippen molar-refractivity contribution in [2.45, 2.75) is 37.1 Å². The summed E-state index contributed by atoms with van der Waals surface area (Å²) >= 11 is 0. The lowest BCUT2D eigenvalue weighted by Crippen LogP contribution is -2.28. The lowest BCUT2D eigenvalue weighted by molar-refractivity contribution is 0.397.